The fourth-order valence-corrected chi connectivity index (χ4v) is 6.42. The van der Waals surface area contributed by atoms with E-state index in [0.717, 1.165) is 60.8 Å². The minimum atomic E-state index is -3.64. The molecule has 3 heteroatoms. The zero-order valence-corrected chi connectivity index (χ0v) is 20.1. The van der Waals surface area contributed by atoms with E-state index in [1.54, 1.807) is 12.1 Å². The second-order valence-electron chi connectivity index (χ2n) is 10.7. The second-order valence-corrected chi connectivity index (χ2v) is 12.6. The van der Waals surface area contributed by atoms with Crippen LogP contribution < -0.4 is 0 Å². The number of allylic oxidation sites excluding steroid dienone is 4. The molecule has 0 saturated heterocycles. The largest absolute Gasteiger partial charge is 0.218 e. The van der Waals surface area contributed by atoms with Crippen LogP contribution in [0.2, 0.25) is 0 Å². The monoisotopic (exact) mass is 434 g/mol. The lowest BCUT2D eigenvalue weighted by atomic mass is 9.77. The molecule has 2 aliphatic carbocycles. The first-order chi connectivity index (χ1) is 14.6. The van der Waals surface area contributed by atoms with Gasteiger partial charge in [0.1, 0.15) is 0 Å². The number of hydrogen-bond donors (Lipinski definition) is 0. The van der Waals surface area contributed by atoms with Crippen molar-refractivity contribution >= 4 is 21.0 Å². The van der Waals surface area contributed by atoms with E-state index < -0.39 is 9.84 Å². The highest BCUT2D eigenvalue weighted by molar-refractivity contribution is 7.91. The predicted octanol–water partition coefficient (Wildman–Crippen LogP) is 7.71. The maximum atomic E-state index is 14.0. The molecule has 0 aliphatic heterocycles. The van der Waals surface area contributed by atoms with Crippen molar-refractivity contribution in [2.24, 2.45) is 10.8 Å². The zero-order chi connectivity index (χ0) is 22.3. The Labute approximate surface area is 188 Å². The van der Waals surface area contributed by atoms with Crippen LogP contribution in [-0.2, 0) is 9.84 Å². The van der Waals surface area contributed by atoms with Crippen LogP contribution in [0.4, 0.5) is 0 Å². The lowest BCUT2D eigenvalue weighted by molar-refractivity contribution is 0.334. The molecule has 2 aliphatic rings. The highest BCUT2D eigenvalue weighted by atomic mass is 32.2. The molecule has 164 valence electrons. The van der Waals surface area contributed by atoms with Gasteiger partial charge in [-0.2, -0.15) is 0 Å². The third-order valence-electron chi connectivity index (χ3n) is 6.99. The Morgan fingerprint density at radius 3 is 1.39 bits per heavy atom. The van der Waals surface area contributed by atoms with E-state index in [4.69, 9.17) is 0 Å². The summed E-state index contributed by atoms with van der Waals surface area (Å²) in [6.07, 6.45) is 10.4. The standard InChI is InChI=1S/C28H34O2S/c1-27(2)17-13-21(14-18-27)23-9-5-7-11-25(23)31(29,30)26-12-8-6-10-24(26)22-15-19-28(3,4)20-16-22/h5-13,15H,14,16-20H2,1-4H3. The maximum absolute atomic E-state index is 14.0. The van der Waals surface area contributed by atoms with E-state index in [0.29, 0.717) is 9.79 Å². The highest BCUT2D eigenvalue weighted by Crippen LogP contribution is 2.43. The lowest BCUT2D eigenvalue weighted by Crippen LogP contribution is -2.16. The predicted molar refractivity (Wildman–Crippen MR) is 130 cm³/mol. The van der Waals surface area contributed by atoms with E-state index in [2.05, 4.69) is 39.8 Å². The molecule has 2 aromatic carbocycles. The van der Waals surface area contributed by atoms with Gasteiger partial charge in [-0.25, -0.2) is 8.42 Å². The summed E-state index contributed by atoms with van der Waals surface area (Å²) in [7, 11) is -3.64. The number of hydrogen-bond acceptors (Lipinski definition) is 2. The highest BCUT2D eigenvalue weighted by Gasteiger charge is 2.30. The van der Waals surface area contributed by atoms with Gasteiger partial charge in [0.15, 0.2) is 0 Å². The smallest absolute Gasteiger partial charge is 0.207 e. The van der Waals surface area contributed by atoms with Crippen molar-refractivity contribution in [2.45, 2.75) is 76.0 Å². The molecule has 0 atom stereocenters. The normalized spacial score (nSPS) is 20.6. The Kier molecular flexibility index (Phi) is 5.76. The van der Waals surface area contributed by atoms with Gasteiger partial charge in [0.2, 0.25) is 9.84 Å². The molecule has 4 rings (SSSR count). The summed E-state index contributed by atoms with van der Waals surface area (Å²) in [6.45, 7) is 9.10. The van der Waals surface area contributed by atoms with Crippen molar-refractivity contribution in [2.75, 3.05) is 0 Å². The van der Waals surface area contributed by atoms with Crippen molar-refractivity contribution in [1.29, 1.82) is 0 Å². The number of rotatable bonds is 4. The molecular formula is C28H34O2S. The summed E-state index contributed by atoms with van der Waals surface area (Å²) in [5.74, 6) is 0. The van der Waals surface area contributed by atoms with Crippen LogP contribution in [0.3, 0.4) is 0 Å². The fraction of sp³-hybridized carbons (Fsp3) is 0.429. The lowest BCUT2D eigenvalue weighted by Gasteiger charge is -2.30. The minimum Gasteiger partial charge on any atom is -0.218 e. The molecule has 0 spiro atoms. The first-order valence-electron chi connectivity index (χ1n) is 11.4. The van der Waals surface area contributed by atoms with Crippen LogP contribution in [0.25, 0.3) is 11.1 Å². The first-order valence-corrected chi connectivity index (χ1v) is 12.9. The summed E-state index contributed by atoms with van der Waals surface area (Å²) in [4.78, 5) is 0.871. The summed E-state index contributed by atoms with van der Waals surface area (Å²) in [6, 6.07) is 15.1. The maximum Gasteiger partial charge on any atom is 0.207 e. The average Bonchev–Trinajstić information content (AvgIpc) is 2.74. The number of sulfone groups is 1. The molecule has 2 nitrogen and oxygen atoms in total. The SMILES string of the molecule is CC1(C)CC=C(c2ccccc2S(=O)(=O)c2ccccc2C2=CCC(C)(C)CC2)CC1. The van der Waals surface area contributed by atoms with Crippen molar-refractivity contribution in [3.8, 4) is 0 Å². The molecule has 0 heterocycles. The Hall–Kier alpha value is -2.13. The van der Waals surface area contributed by atoms with E-state index >= 15 is 0 Å². The summed E-state index contributed by atoms with van der Waals surface area (Å²) >= 11 is 0. The van der Waals surface area contributed by atoms with Gasteiger partial charge in [-0.15, -0.1) is 0 Å². The van der Waals surface area contributed by atoms with Gasteiger partial charge in [-0.1, -0.05) is 76.2 Å². The molecule has 2 aromatic rings. The van der Waals surface area contributed by atoms with Crippen molar-refractivity contribution in [3.05, 3.63) is 71.8 Å². The third kappa shape index (κ3) is 4.57. The molecule has 0 saturated carbocycles. The van der Waals surface area contributed by atoms with Crippen molar-refractivity contribution in [3.63, 3.8) is 0 Å². The zero-order valence-electron chi connectivity index (χ0n) is 19.2. The second kappa shape index (κ2) is 8.09. The number of benzene rings is 2. The van der Waals surface area contributed by atoms with E-state index in [-0.39, 0.29) is 10.8 Å². The molecule has 0 N–H and O–H groups in total. The van der Waals surface area contributed by atoms with Crippen LogP contribution in [0.5, 0.6) is 0 Å². The van der Waals surface area contributed by atoms with Gasteiger partial charge in [0.05, 0.1) is 9.79 Å². The molecule has 0 amide bonds. The van der Waals surface area contributed by atoms with Crippen LogP contribution in [-0.4, -0.2) is 8.42 Å². The van der Waals surface area contributed by atoms with Gasteiger partial charge in [0, 0.05) is 0 Å². The van der Waals surface area contributed by atoms with Crippen LogP contribution in [0, 0.1) is 10.8 Å². The summed E-state index contributed by atoms with van der Waals surface area (Å²) in [5.41, 5.74) is 4.62. The van der Waals surface area contributed by atoms with Crippen LogP contribution in [0.15, 0.2) is 70.5 Å². The van der Waals surface area contributed by atoms with Gasteiger partial charge >= 0.3 is 0 Å². The van der Waals surface area contributed by atoms with E-state index in [1.807, 2.05) is 36.4 Å². The Balaban J connectivity index is 1.79. The molecule has 0 fully saturated rings. The van der Waals surface area contributed by atoms with Gasteiger partial charge in [-0.3, -0.25) is 0 Å². The average molecular weight is 435 g/mol. The fourth-order valence-electron chi connectivity index (χ4n) is 4.69. The third-order valence-corrected chi connectivity index (χ3v) is 8.86. The summed E-state index contributed by atoms with van der Waals surface area (Å²) < 4.78 is 27.9. The first kappa shape index (κ1) is 22.1. The summed E-state index contributed by atoms with van der Waals surface area (Å²) in [5, 5.41) is 0. The molecule has 0 radical (unpaired) electrons. The van der Waals surface area contributed by atoms with Crippen LogP contribution >= 0.6 is 0 Å². The van der Waals surface area contributed by atoms with Gasteiger partial charge < -0.3 is 0 Å². The minimum absolute atomic E-state index is 0.283. The van der Waals surface area contributed by atoms with Crippen LogP contribution in [0.1, 0.15) is 77.3 Å². The molecular weight excluding hydrogens is 400 g/mol. The quantitative estimate of drug-likeness (QED) is 0.494. The Morgan fingerprint density at radius 1 is 0.645 bits per heavy atom. The van der Waals surface area contributed by atoms with Gasteiger partial charge in [-0.05, 0) is 83.8 Å². The molecule has 31 heavy (non-hydrogen) atoms. The van der Waals surface area contributed by atoms with Crippen molar-refractivity contribution < 1.29 is 8.42 Å². The van der Waals surface area contributed by atoms with E-state index in [9.17, 15) is 8.42 Å². The Bertz CT molecular complexity index is 1060. The van der Waals surface area contributed by atoms with E-state index in [1.165, 1.54) is 0 Å². The molecule has 0 aromatic heterocycles. The van der Waals surface area contributed by atoms with Crippen molar-refractivity contribution in [1.82, 2.24) is 0 Å². The van der Waals surface area contributed by atoms with Gasteiger partial charge in [0.25, 0.3) is 0 Å². The topological polar surface area (TPSA) is 34.1 Å². The molecule has 0 unspecified atom stereocenters. The Morgan fingerprint density at radius 2 is 1.03 bits per heavy atom. The molecule has 0 bridgehead atoms.